The largest absolute Gasteiger partial charge is 0.478 e. The molecule has 170 valence electrons. The van der Waals surface area contributed by atoms with Crippen molar-refractivity contribution in [2.45, 2.75) is 67.9 Å². The normalized spacial score (nSPS) is 14.6. The van der Waals surface area contributed by atoms with Gasteiger partial charge in [0.2, 0.25) is 11.8 Å². The van der Waals surface area contributed by atoms with E-state index in [1.165, 1.54) is 18.9 Å². The number of ether oxygens (including phenoxy) is 1. The number of carbonyl (C=O) groups is 3. The lowest BCUT2D eigenvalue weighted by molar-refractivity contribution is -0.138. The Morgan fingerprint density at radius 1 is 1.17 bits per heavy atom. The lowest BCUT2D eigenvalue weighted by Crippen LogP contribution is -2.48. The van der Waals surface area contributed by atoms with Crippen molar-refractivity contribution >= 4 is 17.8 Å². The van der Waals surface area contributed by atoms with Crippen LogP contribution in [0.1, 0.15) is 61.8 Å². The smallest absolute Gasteiger partial charge is 0.331 e. The molecule has 0 saturated heterocycles. The molecule has 2 N–H and O–H groups in total. The fourth-order valence-electron chi connectivity index (χ4n) is 2.39. The maximum Gasteiger partial charge on any atom is 0.331 e. The van der Waals surface area contributed by atoms with Gasteiger partial charge in [0.1, 0.15) is 0 Å². The van der Waals surface area contributed by atoms with Gasteiger partial charge in [-0.2, -0.15) is 0 Å². The van der Waals surface area contributed by atoms with Gasteiger partial charge in [-0.15, -0.1) is 0 Å². The summed E-state index contributed by atoms with van der Waals surface area (Å²) in [5.41, 5.74) is -0.508. The number of rotatable bonds is 10. The van der Waals surface area contributed by atoms with Gasteiger partial charge in [-0.1, -0.05) is 47.6 Å². The van der Waals surface area contributed by atoms with E-state index in [4.69, 9.17) is 9.84 Å². The number of likely N-dealkylation sites (N-methyl/N-ethyl adjacent to an activating group) is 1. The molecule has 0 aliphatic carbocycles. The summed E-state index contributed by atoms with van der Waals surface area (Å²) in [6.07, 6.45) is 2.15. The lowest BCUT2D eigenvalue weighted by atomic mass is 9.87. The highest BCUT2D eigenvalue weighted by atomic mass is 16.5. The van der Waals surface area contributed by atoms with Crippen LogP contribution in [0.3, 0.4) is 0 Å². The Balaban J connectivity index is 0. The van der Waals surface area contributed by atoms with Crippen LogP contribution in [0.2, 0.25) is 0 Å². The predicted octanol–water partition coefficient (Wildman–Crippen LogP) is 3.34. The summed E-state index contributed by atoms with van der Waals surface area (Å²) in [4.78, 5) is 37.3. The molecule has 0 aromatic rings. The Hall–Kier alpha value is -1.89. The first-order valence-corrected chi connectivity index (χ1v) is 10.2. The quantitative estimate of drug-likeness (QED) is 0.535. The number of hydrogen-bond acceptors (Lipinski definition) is 4. The summed E-state index contributed by atoms with van der Waals surface area (Å²) in [6, 6.07) is -0.364. The maximum atomic E-state index is 12.4. The number of carboxylic acids is 1. The van der Waals surface area contributed by atoms with Gasteiger partial charge in [0, 0.05) is 19.7 Å². The summed E-state index contributed by atoms with van der Waals surface area (Å²) >= 11 is 0. The number of carboxylic acid groups (broad SMARTS) is 1. The van der Waals surface area contributed by atoms with Crippen molar-refractivity contribution in [1.82, 2.24) is 10.2 Å². The minimum atomic E-state index is -1.02. The summed E-state index contributed by atoms with van der Waals surface area (Å²) in [5.74, 6) is -0.666. The number of methoxy groups -OCH3 is 1. The molecule has 0 saturated carbocycles. The first-order chi connectivity index (χ1) is 13.2. The molecule has 0 aliphatic heterocycles. The molecule has 0 spiro atoms. The Kier molecular flexibility index (Phi) is 14.3. The van der Waals surface area contributed by atoms with Gasteiger partial charge in [-0.05, 0) is 32.1 Å². The van der Waals surface area contributed by atoms with E-state index in [1.54, 1.807) is 20.0 Å². The van der Waals surface area contributed by atoms with E-state index in [0.717, 1.165) is 5.92 Å². The van der Waals surface area contributed by atoms with E-state index in [-0.39, 0.29) is 42.5 Å². The molecule has 0 heterocycles. The molecule has 0 radical (unpaired) electrons. The Bertz CT molecular complexity index is 555. The zero-order chi connectivity index (χ0) is 23.4. The highest BCUT2D eigenvalue weighted by Crippen LogP contribution is 2.21. The van der Waals surface area contributed by atoms with Gasteiger partial charge in [0.05, 0.1) is 24.6 Å². The van der Waals surface area contributed by atoms with E-state index in [0.29, 0.717) is 6.42 Å². The third-order valence-corrected chi connectivity index (χ3v) is 4.47. The third-order valence-electron chi connectivity index (χ3n) is 4.47. The molecule has 0 rings (SSSR count). The average Bonchev–Trinajstić information content (AvgIpc) is 2.62. The maximum absolute atomic E-state index is 12.4. The van der Waals surface area contributed by atoms with Crippen LogP contribution in [0.25, 0.3) is 0 Å². The molecule has 1 unspecified atom stereocenters. The van der Waals surface area contributed by atoms with Crippen molar-refractivity contribution in [3.8, 4) is 0 Å². The van der Waals surface area contributed by atoms with Gasteiger partial charge < -0.3 is 20.1 Å². The van der Waals surface area contributed by atoms with Crippen molar-refractivity contribution in [2.75, 3.05) is 27.3 Å². The number of aliphatic carboxylic acids is 1. The Labute approximate surface area is 176 Å². The zero-order valence-electron chi connectivity index (χ0n) is 20.0. The zero-order valence-corrected chi connectivity index (χ0v) is 20.0. The molecular weight excluding hydrogens is 372 g/mol. The highest BCUT2D eigenvalue weighted by molar-refractivity contribution is 5.88. The van der Waals surface area contributed by atoms with Crippen molar-refractivity contribution in [3.05, 3.63) is 11.6 Å². The van der Waals surface area contributed by atoms with E-state index >= 15 is 0 Å². The standard InChI is InChI=1S/C18H32N2O5.C4H10/c1-8-18(5,11-25-7)17(24)19-10-15(21)20(6)14(12(2)3)9-13(4)16(22)23;1-4(2)3/h9,12,14H,8,10-11H2,1-7H3,(H,19,24)(H,22,23);4H,1-3H3/b13-9+;/t14-,18?;/m1./s1. The molecule has 0 aliphatic rings. The van der Waals surface area contributed by atoms with E-state index in [1.807, 2.05) is 20.8 Å². The molecule has 0 fully saturated rings. The monoisotopic (exact) mass is 414 g/mol. The molecule has 7 nitrogen and oxygen atoms in total. The Morgan fingerprint density at radius 2 is 1.66 bits per heavy atom. The topological polar surface area (TPSA) is 95.9 Å². The first kappa shape index (κ1) is 29.3. The molecule has 7 heteroatoms. The molecule has 0 aromatic carbocycles. The summed E-state index contributed by atoms with van der Waals surface area (Å²) in [6.45, 7) is 15.6. The Morgan fingerprint density at radius 3 is 2.00 bits per heavy atom. The van der Waals surface area contributed by atoms with Crippen LogP contribution in [0, 0.1) is 17.3 Å². The fourth-order valence-corrected chi connectivity index (χ4v) is 2.39. The molecule has 2 amide bonds. The fraction of sp³-hybridized carbons (Fsp3) is 0.773. The summed E-state index contributed by atoms with van der Waals surface area (Å²) in [5, 5.41) is 11.7. The van der Waals surface area contributed by atoms with Crippen LogP contribution < -0.4 is 5.32 Å². The van der Waals surface area contributed by atoms with Crippen LogP contribution in [0.4, 0.5) is 0 Å². The predicted molar refractivity (Wildman–Crippen MR) is 117 cm³/mol. The lowest BCUT2D eigenvalue weighted by Gasteiger charge is -2.30. The number of carbonyl (C=O) groups excluding carboxylic acids is 2. The van der Waals surface area contributed by atoms with Crippen LogP contribution in [0.15, 0.2) is 11.6 Å². The molecular formula is C22H42N2O5. The van der Waals surface area contributed by atoms with Crippen LogP contribution in [0.5, 0.6) is 0 Å². The minimum Gasteiger partial charge on any atom is -0.478 e. The van der Waals surface area contributed by atoms with E-state index in [9.17, 15) is 14.4 Å². The second kappa shape index (κ2) is 14.1. The second-order valence-electron chi connectivity index (χ2n) is 8.66. The number of nitrogens with zero attached hydrogens (tertiary/aromatic N) is 1. The molecule has 0 aromatic heterocycles. The SMILES string of the molecule is CC(C)C.CCC(C)(COC)C(=O)NCC(=O)N(C)[C@H](/C=C(\C)C(=O)O)C(C)C. The van der Waals surface area contributed by atoms with E-state index < -0.39 is 11.4 Å². The second-order valence-corrected chi connectivity index (χ2v) is 8.66. The highest BCUT2D eigenvalue weighted by Gasteiger charge is 2.32. The third kappa shape index (κ3) is 11.6. The minimum absolute atomic E-state index is 0.0355. The van der Waals surface area contributed by atoms with Crippen molar-refractivity contribution in [1.29, 1.82) is 0 Å². The summed E-state index contributed by atoms with van der Waals surface area (Å²) in [7, 11) is 3.14. The van der Waals surface area contributed by atoms with Crippen LogP contribution >= 0.6 is 0 Å². The number of nitrogens with one attached hydrogen (secondary N) is 1. The number of amides is 2. The van der Waals surface area contributed by atoms with Crippen LogP contribution in [-0.4, -0.2) is 61.1 Å². The van der Waals surface area contributed by atoms with Crippen LogP contribution in [-0.2, 0) is 19.1 Å². The molecule has 2 atom stereocenters. The van der Waals surface area contributed by atoms with Gasteiger partial charge in [-0.25, -0.2) is 4.79 Å². The van der Waals surface area contributed by atoms with Gasteiger partial charge in [0.15, 0.2) is 0 Å². The average molecular weight is 415 g/mol. The summed E-state index contributed by atoms with van der Waals surface area (Å²) < 4.78 is 5.09. The molecule has 29 heavy (non-hydrogen) atoms. The van der Waals surface area contributed by atoms with Crippen molar-refractivity contribution < 1.29 is 24.2 Å². The number of hydrogen-bond donors (Lipinski definition) is 2. The van der Waals surface area contributed by atoms with E-state index in [2.05, 4.69) is 26.1 Å². The van der Waals surface area contributed by atoms with Gasteiger partial charge >= 0.3 is 5.97 Å². The van der Waals surface area contributed by atoms with Crippen molar-refractivity contribution in [2.24, 2.45) is 17.3 Å². The molecule has 0 bridgehead atoms. The van der Waals surface area contributed by atoms with Crippen molar-refractivity contribution in [3.63, 3.8) is 0 Å². The van der Waals surface area contributed by atoms with Gasteiger partial charge in [0.25, 0.3) is 0 Å². The van der Waals surface area contributed by atoms with Gasteiger partial charge in [-0.3, -0.25) is 9.59 Å². The first-order valence-electron chi connectivity index (χ1n) is 10.2.